The standard InChI is InChI=1S/C28H20N6O4S2/c29-40(36,37)22-12-10-21(11-13-22)34-16-20(26(33-34)18-6-2-1-3-7-18)15-30-32-28-31-24(17-39-28)23-14-19-8-4-5-9-25(19)38-27(23)35/h1-17H,(H,31,32)(H2,29,36,37)/b30-15-. The van der Waals surface area contributed by atoms with Crippen molar-refractivity contribution in [3.05, 3.63) is 112 Å². The van der Waals surface area contributed by atoms with Gasteiger partial charge in [-0.3, -0.25) is 5.43 Å². The third kappa shape index (κ3) is 5.18. The second-order valence-electron chi connectivity index (χ2n) is 8.68. The number of hydrogen-bond acceptors (Lipinski definition) is 9. The molecule has 12 heteroatoms. The van der Waals surface area contributed by atoms with E-state index < -0.39 is 15.6 Å². The van der Waals surface area contributed by atoms with Crippen molar-refractivity contribution >= 4 is 43.7 Å². The van der Waals surface area contributed by atoms with E-state index in [4.69, 9.17) is 14.7 Å². The molecule has 10 nitrogen and oxygen atoms in total. The minimum Gasteiger partial charge on any atom is -0.422 e. The monoisotopic (exact) mass is 568 g/mol. The fourth-order valence-electron chi connectivity index (χ4n) is 4.07. The molecular formula is C28H20N6O4S2. The van der Waals surface area contributed by atoms with Crippen LogP contribution in [0.2, 0.25) is 0 Å². The van der Waals surface area contributed by atoms with Crippen LogP contribution in [0.3, 0.4) is 0 Å². The molecule has 0 amide bonds. The Morgan fingerprint density at radius 1 is 1.00 bits per heavy atom. The van der Waals surface area contributed by atoms with Gasteiger partial charge in [0.15, 0.2) is 0 Å². The first-order valence-electron chi connectivity index (χ1n) is 11.9. The third-order valence-corrected chi connectivity index (χ3v) is 7.68. The summed E-state index contributed by atoms with van der Waals surface area (Å²) in [5.41, 5.74) is 6.74. The number of nitrogens with one attached hydrogen (secondary N) is 1. The van der Waals surface area contributed by atoms with Gasteiger partial charge in [-0.25, -0.2) is 28.0 Å². The second kappa shape index (κ2) is 10.3. The van der Waals surface area contributed by atoms with Crippen LogP contribution in [0.15, 0.2) is 116 Å². The van der Waals surface area contributed by atoms with Gasteiger partial charge in [-0.05, 0) is 36.4 Å². The zero-order valence-corrected chi connectivity index (χ0v) is 22.3. The molecule has 0 atom stereocenters. The highest BCUT2D eigenvalue weighted by molar-refractivity contribution is 7.89. The van der Waals surface area contributed by atoms with Crippen LogP contribution in [0.4, 0.5) is 5.13 Å². The van der Waals surface area contributed by atoms with Crippen LogP contribution < -0.4 is 16.2 Å². The maximum absolute atomic E-state index is 12.5. The molecule has 0 saturated heterocycles. The van der Waals surface area contributed by atoms with E-state index in [0.717, 1.165) is 10.9 Å². The Labute approximate surface area is 232 Å². The van der Waals surface area contributed by atoms with E-state index in [1.54, 1.807) is 46.7 Å². The number of nitrogens with two attached hydrogens (primary N) is 1. The Bertz CT molecular complexity index is 2030. The molecular weight excluding hydrogens is 548 g/mol. The van der Waals surface area contributed by atoms with Gasteiger partial charge in [0.1, 0.15) is 11.3 Å². The molecule has 3 aromatic carbocycles. The molecule has 3 aromatic heterocycles. The topological polar surface area (TPSA) is 145 Å². The lowest BCUT2D eigenvalue weighted by Gasteiger charge is -2.03. The van der Waals surface area contributed by atoms with E-state index >= 15 is 0 Å². The van der Waals surface area contributed by atoms with Gasteiger partial charge in [0, 0.05) is 28.1 Å². The average molecular weight is 569 g/mol. The largest absolute Gasteiger partial charge is 0.422 e. The van der Waals surface area contributed by atoms with Crippen LogP contribution in [-0.2, 0) is 10.0 Å². The van der Waals surface area contributed by atoms with Crippen LogP contribution in [0, 0.1) is 0 Å². The highest BCUT2D eigenvalue weighted by Gasteiger charge is 2.14. The summed E-state index contributed by atoms with van der Waals surface area (Å²) < 4.78 is 30.3. The number of thiazole rings is 1. The van der Waals surface area contributed by atoms with Gasteiger partial charge in [0.2, 0.25) is 15.2 Å². The lowest BCUT2D eigenvalue weighted by atomic mass is 10.1. The van der Waals surface area contributed by atoms with E-state index in [0.29, 0.717) is 38.9 Å². The quantitative estimate of drug-likeness (QED) is 0.159. The molecule has 0 aliphatic carbocycles. The highest BCUT2D eigenvalue weighted by atomic mass is 32.2. The number of hydrogen-bond donors (Lipinski definition) is 2. The molecule has 198 valence electrons. The number of benzene rings is 3. The minimum atomic E-state index is -3.80. The molecule has 6 aromatic rings. The van der Waals surface area contributed by atoms with Crippen molar-refractivity contribution in [3.8, 4) is 28.2 Å². The summed E-state index contributed by atoms with van der Waals surface area (Å²) in [6.07, 6.45) is 3.41. The van der Waals surface area contributed by atoms with Crippen LogP contribution in [-0.4, -0.2) is 29.4 Å². The number of aromatic nitrogens is 3. The summed E-state index contributed by atoms with van der Waals surface area (Å²) in [5.74, 6) is 0. The maximum Gasteiger partial charge on any atom is 0.345 e. The van der Waals surface area contributed by atoms with Gasteiger partial charge in [-0.2, -0.15) is 10.2 Å². The van der Waals surface area contributed by atoms with Gasteiger partial charge in [0.05, 0.1) is 28.1 Å². The van der Waals surface area contributed by atoms with E-state index in [1.807, 2.05) is 48.5 Å². The third-order valence-electron chi connectivity index (χ3n) is 6.00. The zero-order valence-electron chi connectivity index (χ0n) is 20.6. The maximum atomic E-state index is 12.5. The van der Waals surface area contributed by atoms with Gasteiger partial charge >= 0.3 is 5.63 Å². The summed E-state index contributed by atoms with van der Waals surface area (Å²) in [5, 5.41) is 17.3. The number of hydrazone groups is 1. The Morgan fingerprint density at radius 2 is 1.75 bits per heavy atom. The molecule has 6 rings (SSSR count). The molecule has 0 radical (unpaired) electrons. The number of fused-ring (bicyclic) bond motifs is 1. The van der Waals surface area contributed by atoms with Crippen LogP contribution in [0.1, 0.15) is 5.56 Å². The Balaban J connectivity index is 1.28. The number of nitrogens with zero attached hydrogens (tertiary/aromatic N) is 4. The van der Waals surface area contributed by atoms with Crippen LogP contribution >= 0.6 is 11.3 Å². The first kappa shape index (κ1) is 25.4. The summed E-state index contributed by atoms with van der Waals surface area (Å²) in [6, 6.07) is 24.8. The van der Waals surface area contributed by atoms with E-state index in [2.05, 4.69) is 15.5 Å². The highest BCUT2D eigenvalue weighted by Crippen LogP contribution is 2.26. The number of para-hydroxylation sites is 1. The second-order valence-corrected chi connectivity index (χ2v) is 11.1. The molecule has 3 N–H and O–H groups in total. The van der Waals surface area contributed by atoms with Crippen molar-refractivity contribution in [3.63, 3.8) is 0 Å². The predicted molar refractivity (Wildman–Crippen MR) is 155 cm³/mol. The van der Waals surface area contributed by atoms with Gasteiger partial charge < -0.3 is 4.42 Å². The van der Waals surface area contributed by atoms with E-state index in [-0.39, 0.29) is 4.90 Å². The molecule has 0 aliphatic heterocycles. The summed E-state index contributed by atoms with van der Waals surface area (Å²) in [4.78, 5) is 17.0. The summed E-state index contributed by atoms with van der Waals surface area (Å²) >= 11 is 1.30. The van der Waals surface area contributed by atoms with Gasteiger partial charge in [-0.1, -0.05) is 48.5 Å². The Hall–Kier alpha value is -4.91. The Kier molecular flexibility index (Phi) is 6.56. The lowest BCUT2D eigenvalue weighted by Crippen LogP contribution is -2.12. The summed E-state index contributed by atoms with van der Waals surface area (Å²) in [7, 11) is -3.80. The van der Waals surface area contributed by atoms with Crippen molar-refractivity contribution in [1.29, 1.82) is 0 Å². The molecule has 0 aliphatic rings. The van der Waals surface area contributed by atoms with Crippen molar-refractivity contribution in [2.45, 2.75) is 4.90 Å². The average Bonchev–Trinajstić information content (AvgIpc) is 3.60. The predicted octanol–water partition coefficient (Wildman–Crippen LogP) is 4.86. The van der Waals surface area contributed by atoms with Crippen molar-refractivity contribution < 1.29 is 12.8 Å². The van der Waals surface area contributed by atoms with Crippen molar-refractivity contribution in [2.75, 3.05) is 5.43 Å². The molecule has 0 saturated carbocycles. The lowest BCUT2D eigenvalue weighted by molar-refractivity contribution is 0.563. The fourth-order valence-corrected chi connectivity index (χ4v) is 5.24. The van der Waals surface area contributed by atoms with Crippen LogP contribution in [0.25, 0.3) is 39.2 Å². The molecule has 0 unspecified atom stereocenters. The first-order chi connectivity index (χ1) is 19.3. The van der Waals surface area contributed by atoms with Crippen molar-refractivity contribution in [2.24, 2.45) is 10.2 Å². The molecule has 0 bridgehead atoms. The molecule has 0 spiro atoms. The summed E-state index contributed by atoms with van der Waals surface area (Å²) in [6.45, 7) is 0. The smallest absolute Gasteiger partial charge is 0.345 e. The first-order valence-corrected chi connectivity index (χ1v) is 14.3. The normalized spacial score (nSPS) is 11.8. The number of anilines is 1. The molecule has 0 fully saturated rings. The Morgan fingerprint density at radius 3 is 2.52 bits per heavy atom. The van der Waals surface area contributed by atoms with E-state index in [9.17, 15) is 13.2 Å². The van der Waals surface area contributed by atoms with Gasteiger partial charge in [0.25, 0.3) is 0 Å². The number of primary sulfonamides is 1. The minimum absolute atomic E-state index is 0.0157. The zero-order chi connectivity index (χ0) is 27.7. The molecule has 3 heterocycles. The van der Waals surface area contributed by atoms with Crippen LogP contribution in [0.5, 0.6) is 0 Å². The fraction of sp³-hybridized carbons (Fsp3) is 0. The van der Waals surface area contributed by atoms with Crippen molar-refractivity contribution in [1.82, 2.24) is 14.8 Å². The molecule has 40 heavy (non-hydrogen) atoms. The van der Waals surface area contributed by atoms with Gasteiger partial charge in [-0.15, -0.1) is 11.3 Å². The van der Waals surface area contributed by atoms with E-state index in [1.165, 1.54) is 23.5 Å². The SMILES string of the molecule is NS(=O)(=O)c1ccc(-n2cc(/C=N\Nc3nc(-c4cc5ccccc5oc4=O)cs3)c(-c3ccccc3)n2)cc1. The number of sulfonamides is 1. The number of rotatable bonds is 7.